The summed E-state index contributed by atoms with van der Waals surface area (Å²) in [6, 6.07) is 12.4. The van der Waals surface area contributed by atoms with Crippen LogP contribution in [0.4, 0.5) is 0 Å². The molecule has 0 unspecified atom stereocenters. The van der Waals surface area contributed by atoms with Gasteiger partial charge in [-0.1, -0.05) is 47.7 Å². The maximum atomic E-state index is 12.8. The zero-order valence-corrected chi connectivity index (χ0v) is 20.7. The number of rotatable bonds is 8. The van der Waals surface area contributed by atoms with Crippen LogP contribution in [0, 0.1) is 6.92 Å². The highest BCUT2D eigenvalue weighted by molar-refractivity contribution is 8.26. The van der Waals surface area contributed by atoms with Crippen molar-refractivity contribution in [2.75, 3.05) is 20.8 Å². The number of hydrogen-bond donors (Lipinski definition) is 2. The molecule has 0 spiro atoms. The fraction of sp³-hybridized carbons (Fsp3) is 0.250. The number of nitrogens with zero attached hydrogens (tertiary/aromatic N) is 1. The number of amides is 3. The predicted octanol–water partition coefficient (Wildman–Crippen LogP) is 3.45. The summed E-state index contributed by atoms with van der Waals surface area (Å²) in [5.74, 6) is 0.197. The number of methoxy groups -OCH3 is 2. The highest BCUT2D eigenvalue weighted by Gasteiger charge is 2.31. The number of ether oxygens (including phenoxy) is 2. The Bertz CT molecular complexity index is 1130. The number of thiocarbonyl (C=S) groups is 1. The molecule has 1 fully saturated rings. The Kier molecular flexibility index (Phi) is 8.67. The van der Waals surface area contributed by atoms with E-state index in [1.807, 2.05) is 25.1 Å². The molecule has 0 saturated carbocycles. The first-order valence-corrected chi connectivity index (χ1v) is 11.7. The van der Waals surface area contributed by atoms with E-state index >= 15 is 0 Å². The van der Waals surface area contributed by atoms with E-state index in [0.29, 0.717) is 39.3 Å². The summed E-state index contributed by atoms with van der Waals surface area (Å²) in [6.45, 7) is 2.22. The molecule has 34 heavy (non-hydrogen) atoms. The van der Waals surface area contributed by atoms with E-state index in [1.54, 1.807) is 44.6 Å². The van der Waals surface area contributed by atoms with Gasteiger partial charge in [-0.3, -0.25) is 30.1 Å². The van der Waals surface area contributed by atoms with Gasteiger partial charge in [0.2, 0.25) is 5.91 Å². The zero-order chi connectivity index (χ0) is 24.7. The summed E-state index contributed by atoms with van der Waals surface area (Å²) < 4.78 is 11.0. The van der Waals surface area contributed by atoms with Crippen LogP contribution < -0.4 is 20.3 Å². The first kappa shape index (κ1) is 25.3. The van der Waals surface area contributed by atoms with Crippen molar-refractivity contribution in [2.45, 2.75) is 19.8 Å². The molecule has 2 aromatic rings. The Labute approximate surface area is 207 Å². The largest absolute Gasteiger partial charge is 0.493 e. The third-order valence-corrected chi connectivity index (χ3v) is 6.37. The zero-order valence-electron chi connectivity index (χ0n) is 19.0. The molecule has 1 heterocycles. The van der Waals surface area contributed by atoms with Crippen LogP contribution in [0.3, 0.4) is 0 Å². The lowest BCUT2D eigenvalue weighted by Crippen LogP contribution is -2.41. The summed E-state index contributed by atoms with van der Waals surface area (Å²) >= 11 is 6.56. The molecular weight excluding hydrogens is 474 g/mol. The van der Waals surface area contributed by atoms with E-state index in [2.05, 4.69) is 10.9 Å². The Morgan fingerprint density at radius 1 is 1.06 bits per heavy atom. The number of carbonyl (C=O) groups excluding carboxylic acids is 3. The predicted molar refractivity (Wildman–Crippen MR) is 135 cm³/mol. The number of aryl methyl sites for hydroxylation is 1. The highest BCUT2D eigenvalue weighted by Crippen LogP contribution is 2.34. The molecule has 0 bridgehead atoms. The molecule has 178 valence electrons. The molecule has 3 amide bonds. The number of hydrazine groups is 1. The lowest BCUT2D eigenvalue weighted by atomic mass is 10.1. The molecule has 1 aliphatic heterocycles. The van der Waals surface area contributed by atoms with E-state index in [1.165, 1.54) is 16.7 Å². The van der Waals surface area contributed by atoms with Crippen LogP contribution in [0.1, 0.15) is 34.3 Å². The maximum Gasteiger partial charge on any atom is 0.269 e. The second kappa shape index (κ2) is 11.7. The number of carbonyl (C=O) groups is 3. The van der Waals surface area contributed by atoms with Crippen LogP contribution >= 0.6 is 24.0 Å². The lowest BCUT2D eigenvalue weighted by Gasteiger charge is -2.14. The van der Waals surface area contributed by atoms with Gasteiger partial charge in [0, 0.05) is 18.5 Å². The number of thioether (sulfide) groups is 1. The van der Waals surface area contributed by atoms with Crippen LogP contribution in [-0.2, 0) is 9.59 Å². The standard InChI is InChI=1S/C24H25N3O5S2/c1-15-6-9-17(10-7-15)22(29)26-25-21(28)5-4-12-27-23(30)20(34-24(27)33)14-16-8-11-18(31-2)19(13-16)32-3/h6-11,13-14H,4-5,12H2,1-3H3,(H,25,28)(H,26,29)/b20-14-. The summed E-state index contributed by atoms with van der Waals surface area (Å²) in [4.78, 5) is 38.9. The molecule has 3 rings (SSSR count). The van der Waals surface area contributed by atoms with E-state index in [4.69, 9.17) is 21.7 Å². The van der Waals surface area contributed by atoms with Crippen molar-refractivity contribution in [3.05, 3.63) is 64.1 Å². The maximum absolute atomic E-state index is 12.8. The van der Waals surface area contributed by atoms with E-state index in [9.17, 15) is 14.4 Å². The van der Waals surface area contributed by atoms with E-state index in [0.717, 1.165) is 11.1 Å². The van der Waals surface area contributed by atoms with Crippen molar-refractivity contribution < 1.29 is 23.9 Å². The molecule has 1 aliphatic rings. The van der Waals surface area contributed by atoms with Gasteiger partial charge in [-0.15, -0.1) is 0 Å². The van der Waals surface area contributed by atoms with Crippen LogP contribution in [0.25, 0.3) is 6.08 Å². The summed E-state index contributed by atoms with van der Waals surface area (Å²) in [7, 11) is 3.10. The van der Waals surface area contributed by atoms with Crippen molar-refractivity contribution in [2.24, 2.45) is 0 Å². The smallest absolute Gasteiger partial charge is 0.269 e. The SMILES string of the molecule is COc1ccc(/C=C2\SC(=S)N(CCCC(=O)NNC(=O)c3ccc(C)cc3)C2=O)cc1OC. The summed E-state index contributed by atoms with van der Waals surface area (Å²) in [5, 5.41) is 0. The van der Waals surface area contributed by atoms with Crippen LogP contribution in [0.2, 0.25) is 0 Å². The monoisotopic (exact) mass is 499 g/mol. The molecule has 2 aromatic carbocycles. The molecule has 0 aromatic heterocycles. The molecule has 2 N–H and O–H groups in total. The topological polar surface area (TPSA) is 97.0 Å². The van der Waals surface area contributed by atoms with Gasteiger partial charge in [0.1, 0.15) is 4.32 Å². The number of hydrogen-bond acceptors (Lipinski definition) is 7. The van der Waals surface area contributed by atoms with Gasteiger partial charge in [-0.05, 0) is 49.2 Å². The van der Waals surface area contributed by atoms with Gasteiger partial charge in [0.05, 0.1) is 19.1 Å². The molecule has 8 nitrogen and oxygen atoms in total. The quantitative estimate of drug-likeness (QED) is 0.326. The fourth-order valence-corrected chi connectivity index (χ4v) is 4.46. The lowest BCUT2D eigenvalue weighted by molar-refractivity contribution is -0.124. The Morgan fingerprint density at radius 3 is 2.44 bits per heavy atom. The van der Waals surface area contributed by atoms with Crippen molar-refractivity contribution in [3.63, 3.8) is 0 Å². The Balaban J connectivity index is 1.49. The summed E-state index contributed by atoms with van der Waals surface area (Å²) in [5.41, 5.74) is 7.05. The average Bonchev–Trinajstić information content (AvgIpc) is 3.10. The van der Waals surface area contributed by atoms with Crippen LogP contribution in [0.5, 0.6) is 11.5 Å². The second-order valence-electron chi connectivity index (χ2n) is 7.42. The first-order chi connectivity index (χ1) is 16.3. The third kappa shape index (κ3) is 6.36. The van der Waals surface area contributed by atoms with Crippen LogP contribution in [0.15, 0.2) is 47.4 Å². The van der Waals surface area contributed by atoms with Gasteiger partial charge < -0.3 is 9.47 Å². The van der Waals surface area contributed by atoms with Crippen molar-refractivity contribution in [1.82, 2.24) is 15.8 Å². The molecule has 0 radical (unpaired) electrons. The molecule has 0 atom stereocenters. The number of benzene rings is 2. The molecule has 0 aliphatic carbocycles. The van der Waals surface area contributed by atoms with E-state index < -0.39 is 5.91 Å². The van der Waals surface area contributed by atoms with Gasteiger partial charge in [0.25, 0.3) is 11.8 Å². The minimum absolute atomic E-state index is 0.125. The van der Waals surface area contributed by atoms with Gasteiger partial charge in [-0.25, -0.2) is 0 Å². The number of nitrogens with one attached hydrogen (secondary N) is 2. The first-order valence-electron chi connectivity index (χ1n) is 10.5. The average molecular weight is 500 g/mol. The molecule has 10 heteroatoms. The Morgan fingerprint density at radius 2 is 1.76 bits per heavy atom. The fourth-order valence-electron chi connectivity index (χ4n) is 3.15. The van der Waals surface area contributed by atoms with Gasteiger partial charge in [0.15, 0.2) is 11.5 Å². The Hall–Kier alpha value is -3.37. The minimum atomic E-state index is -0.398. The molecule has 1 saturated heterocycles. The van der Waals surface area contributed by atoms with Crippen molar-refractivity contribution in [1.29, 1.82) is 0 Å². The summed E-state index contributed by atoms with van der Waals surface area (Å²) in [6.07, 6.45) is 2.26. The molecular formula is C24H25N3O5S2. The third-order valence-electron chi connectivity index (χ3n) is 4.99. The van der Waals surface area contributed by atoms with Gasteiger partial charge >= 0.3 is 0 Å². The van der Waals surface area contributed by atoms with E-state index in [-0.39, 0.29) is 18.2 Å². The van der Waals surface area contributed by atoms with Crippen molar-refractivity contribution in [3.8, 4) is 11.5 Å². The van der Waals surface area contributed by atoms with Crippen LogP contribution in [-0.4, -0.2) is 47.7 Å². The van der Waals surface area contributed by atoms with Gasteiger partial charge in [-0.2, -0.15) is 0 Å². The normalized spacial score (nSPS) is 14.3. The second-order valence-corrected chi connectivity index (χ2v) is 9.10. The van der Waals surface area contributed by atoms with Crippen molar-refractivity contribution >= 4 is 52.1 Å². The highest BCUT2D eigenvalue weighted by atomic mass is 32.2. The minimum Gasteiger partial charge on any atom is -0.493 e.